The van der Waals surface area contributed by atoms with Gasteiger partial charge in [0.1, 0.15) is 18.1 Å². The number of aliphatic imine (C=N–C) groups is 1. The van der Waals surface area contributed by atoms with Crippen LogP contribution in [0.15, 0.2) is 4.99 Å². The molecule has 3 atom stereocenters. The van der Waals surface area contributed by atoms with Gasteiger partial charge in [-0.2, -0.15) is 0 Å². The highest BCUT2D eigenvalue weighted by molar-refractivity contribution is 5.95. The lowest BCUT2D eigenvalue weighted by molar-refractivity contribution is -0.144. The van der Waals surface area contributed by atoms with E-state index < -0.39 is 79.8 Å². The second kappa shape index (κ2) is 15.8. The largest absolute Gasteiger partial charge is 0.481 e. The fraction of sp³-hybridized carbons (Fsp3) is 0.588. The van der Waals surface area contributed by atoms with Crippen LogP contribution in [-0.4, -0.2) is 101 Å². The number of carbonyl (C=O) groups is 6. The van der Waals surface area contributed by atoms with E-state index in [0.717, 1.165) is 0 Å². The first kappa shape index (κ1) is 30.0. The van der Waals surface area contributed by atoms with Gasteiger partial charge in [0.15, 0.2) is 5.96 Å². The fourth-order valence-corrected chi connectivity index (χ4v) is 2.40. The number of aliphatic carboxylic acids is 2. The van der Waals surface area contributed by atoms with Crippen LogP contribution in [0.25, 0.3) is 0 Å². The van der Waals surface area contributed by atoms with Crippen molar-refractivity contribution < 1.29 is 44.1 Å². The quantitative estimate of drug-likeness (QED) is 0.0549. The number of hydrogen-bond acceptors (Lipinski definition) is 9. The van der Waals surface area contributed by atoms with Crippen molar-refractivity contribution in [2.24, 2.45) is 22.2 Å². The zero-order valence-corrected chi connectivity index (χ0v) is 18.2. The van der Waals surface area contributed by atoms with Crippen molar-refractivity contribution in [1.82, 2.24) is 21.3 Å². The van der Waals surface area contributed by atoms with E-state index in [1.54, 1.807) is 0 Å². The van der Waals surface area contributed by atoms with E-state index in [2.05, 4.69) is 20.9 Å². The van der Waals surface area contributed by atoms with Crippen LogP contribution in [0, 0.1) is 0 Å². The van der Waals surface area contributed by atoms with Gasteiger partial charge in [-0.05, 0) is 12.8 Å². The van der Waals surface area contributed by atoms with Crippen molar-refractivity contribution >= 4 is 41.5 Å². The molecule has 34 heavy (non-hydrogen) atoms. The van der Waals surface area contributed by atoms with Crippen molar-refractivity contribution in [3.8, 4) is 0 Å². The molecule has 0 radical (unpaired) electrons. The molecule has 192 valence electrons. The van der Waals surface area contributed by atoms with Crippen LogP contribution in [0.3, 0.4) is 0 Å². The van der Waals surface area contributed by atoms with Crippen molar-refractivity contribution in [3.63, 3.8) is 0 Å². The zero-order chi connectivity index (χ0) is 26.3. The molecule has 0 saturated heterocycles. The molecule has 0 spiro atoms. The molecule has 17 nitrogen and oxygen atoms in total. The number of aliphatic hydroxyl groups excluding tert-OH is 1. The Kier molecular flexibility index (Phi) is 13.9. The summed E-state index contributed by atoms with van der Waals surface area (Å²) in [5, 5.41) is 35.3. The number of aliphatic hydroxyl groups is 1. The summed E-state index contributed by atoms with van der Waals surface area (Å²) < 4.78 is 0. The molecule has 0 aliphatic carbocycles. The lowest BCUT2D eigenvalue weighted by atomic mass is 10.1. The molecule has 0 aromatic heterocycles. The number of carbonyl (C=O) groups excluding carboxylic acids is 4. The van der Waals surface area contributed by atoms with Crippen LogP contribution >= 0.6 is 0 Å². The van der Waals surface area contributed by atoms with Gasteiger partial charge in [-0.3, -0.25) is 29.0 Å². The van der Waals surface area contributed by atoms with Crippen LogP contribution in [-0.2, 0) is 28.8 Å². The van der Waals surface area contributed by atoms with Crippen LogP contribution in [0.5, 0.6) is 0 Å². The van der Waals surface area contributed by atoms with E-state index in [-0.39, 0.29) is 18.9 Å². The average Bonchev–Trinajstić information content (AvgIpc) is 2.76. The molecule has 0 aliphatic rings. The SMILES string of the molecule is NCC(=O)N[C@@H](CCCN=C(N)N)C(=O)NCC(=O)N[C@@H](CC(=O)O)C(=O)N[C@H](CO)C(=O)O. The number of carboxylic acid groups (broad SMARTS) is 2. The molecule has 4 amide bonds. The average molecular weight is 490 g/mol. The minimum atomic E-state index is -1.72. The van der Waals surface area contributed by atoms with Gasteiger partial charge in [0, 0.05) is 6.54 Å². The van der Waals surface area contributed by atoms with E-state index >= 15 is 0 Å². The number of nitrogens with one attached hydrogen (secondary N) is 4. The van der Waals surface area contributed by atoms with E-state index in [1.807, 2.05) is 5.32 Å². The van der Waals surface area contributed by atoms with E-state index in [9.17, 15) is 28.8 Å². The smallest absolute Gasteiger partial charge is 0.328 e. The van der Waals surface area contributed by atoms with Gasteiger partial charge in [0.25, 0.3) is 0 Å². The summed E-state index contributed by atoms with van der Waals surface area (Å²) in [6, 6.07) is -4.49. The summed E-state index contributed by atoms with van der Waals surface area (Å²) in [6.07, 6.45) is -0.509. The Balaban J connectivity index is 5.04. The minimum absolute atomic E-state index is 0.0950. The summed E-state index contributed by atoms with van der Waals surface area (Å²) >= 11 is 0. The number of hydrogen-bond donors (Lipinski definition) is 10. The third-order valence-corrected chi connectivity index (χ3v) is 4.03. The van der Waals surface area contributed by atoms with Crippen molar-refractivity contribution in [2.75, 3.05) is 26.2 Å². The normalized spacial score (nSPS) is 12.9. The number of carboxylic acids is 2. The molecule has 0 aromatic rings. The van der Waals surface area contributed by atoms with Crippen molar-refractivity contribution in [1.29, 1.82) is 0 Å². The molecular weight excluding hydrogens is 460 g/mol. The lowest BCUT2D eigenvalue weighted by Gasteiger charge is -2.20. The van der Waals surface area contributed by atoms with Gasteiger partial charge in [-0.15, -0.1) is 0 Å². The highest BCUT2D eigenvalue weighted by Gasteiger charge is 2.28. The molecule has 0 unspecified atom stereocenters. The molecule has 0 heterocycles. The third-order valence-electron chi connectivity index (χ3n) is 4.03. The van der Waals surface area contributed by atoms with E-state index in [1.165, 1.54) is 0 Å². The predicted octanol–water partition coefficient (Wildman–Crippen LogP) is -5.88. The first-order valence-electron chi connectivity index (χ1n) is 9.88. The van der Waals surface area contributed by atoms with Crippen LogP contribution < -0.4 is 38.5 Å². The van der Waals surface area contributed by atoms with Gasteiger partial charge >= 0.3 is 11.9 Å². The van der Waals surface area contributed by atoms with Crippen LogP contribution in [0.4, 0.5) is 0 Å². The van der Waals surface area contributed by atoms with Gasteiger partial charge in [0.05, 0.1) is 26.1 Å². The summed E-state index contributed by atoms with van der Waals surface area (Å²) in [5.41, 5.74) is 15.6. The molecular formula is C17H30N8O9. The maximum Gasteiger partial charge on any atom is 0.328 e. The number of nitrogens with two attached hydrogens (primary N) is 3. The molecule has 0 aliphatic heterocycles. The van der Waals surface area contributed by atoms with Crippen LogP contribution in [0.2, 0.25) is 0 Å². The second-order valence-electron chi connectivity index (χ2n) is 6.79. The summed E-state index contributed by atoms with van der Waals surface area (Å²) in [7, 11) is 0. The molecule has 13 N–H and O–H groups in total. The van der Waals surface area contributed by atoms with E-state index in [4.69, 9.17) is 32.5 Å². The first-order valence-corrected chi connectivity index (χ1v) is 9.88. The molecule has 0 bridgehead atoms. The standard InChI is InChI=1S/C17H30N8O9/c18-5-11(27)23-8(2-1-3-21-17(19)20)14(31)22-6-12(28)24-9(4-13(29)30)15(32)25-10(7-26)16(33)34/h8-10,26H,1-7,18H2,(H,22,31)(H,23,27)(H,24,28)(H,25,32)(H,29,30)(H,33,34)(H4,19,20,21)/t8-,9-,10+/m0/s1. The highest BCUT2D eigenvalue weighted by Crippen LogP contribution is 1.99. The lowest BCUT2D eigenvalue weighted by Crippen LogP contribution is -2.55. The Labute approximate surface area is 193 Å². The zero-order valence-electron chi connectivity index (χ0n) is 18.2. The highest BCUT2D eigenvalue weighted by atomic mass is 16.4. The summed E-state index contributed by atoms with van der Waals surface area (Å²) in [6.45, 7) is -1.89. The number of nitrogens with zero attached hydrogens (tertiary/aromatic N) is 1. The molecule has 17 heteroatoms. The fourth-order valence-electron chi connectivity index (χ4n) is 2.40. The topological polar surface area (TPSA) is 302 Å². The molecule has 0 fully saturated rings. The Morgan fingerprint density at radius 1 is 0.853 bits per heavy atom. The second-order valence-corrected chi connectivity index (χ2v) is 6.79. The Morgan fingerprint density at radius 2 is 1.47 bits per heavy atom. The molecule has 0 rings (SSSR count). The molecule has 0 aromatic carbocycles. The van der Waals surface area contributed by atoms with Gasteiger partial charge in [-0.1, -0.05) is 0 Å². The monoisotopic (exact) mass is 490 g/mol. The number of guanidine groups is 1. The Bertz CT molecular complexity index is 785. The maximum absolute atomic E-state index is 12.4. The number of amides is 4. The predicted molar refractivity (Wildman–Crippen MR) is 115 cm³/mol. The maximum atomic E-state index is 12.4. The van der Waals surface area contributed by atoms with Crippen molar-refractivity contribution in [2.45, 2.75) is 37.4 Å². The minimum Gasteiger partial charge on any atom is -0.481 e. The van der Waals surface area contributed by atoms with Gasteiger partial charge in [0.2, 0.25) is 23.6 Å². The summed E-state index contributed by atoms with van der Waals surface area (Å²) in [4.78, 5) is 73.9. The van der Waals surface area contributed by atoms with E-state index in [0.29, 0.717) is 6.42 Å². The Hall–Kier alpha value is -3.99. The van der Waals surface area contributed by atoms with Gasteiger partial charge in [-0.25, -0.2) is 4.79 Å². The number of rotatable bonds is 16. The Morgan fingerprint density at radius 3 is 1.97 bits per heavy atom. The first-order chi connectivity index (χ1) is 15.9. The van der Waals surface area contributed by atoms with Crippen molar-refractivity contribution in [3.05, 3.63) is 0 Å². The third kappa shape index (κ3) is 12.8. The summed E-state index contributed by atoms with van der Waals surface area (Å²) in [5.74, 6) is -6.77. The van der Waals surface area contributed by atoms with Gasteiger partial charge < -0.3 is 53.8 Å². The van der Waals surface area contributed by atoms with Crippen LogP contribution in [0.1, 0.15) is 19.3 Å². The molecule has 0 saturated carbocycles.